The van der Waals surface area contributed by atoms with Crippen molar-refractivity contribution in [3.63, 3.8) is 0 Å². The lowest BCUT2D eigenvalue weighted by molar-refractivity contribution is 0.0710. The van der Waals surface area contributed by atoms with Gasteiger partial charge in [0.05, 0.1) is 28.4 Å². The van der Waals surface area contributed by atoms with Gasteiger partial charge in [0.15, 0.2) is 9.84 Å². The topological polar surface area (TPSA) is 72.5 Å². The van der Waals surface area contributed by atoms with Crippen LogP contribution in [0.3, 0.4) is 0 Å². The Labute approximate surface area is 125 Å². The summed E-state index contributed by atoms with van der Waals surface area (Å²) in [6.45, 7) is 4.16. The molecule has 0 aliphatic carbocycles. The summed E-state index contributed by atoms with van der Waals surface area (Å²) < 4.78 is 29.7. The second-order valence-electron chi connectivity index (χ2n) is 5.21. The predicted octanol–water partition coefficient (Wildman–Crippen LogP) is 1.78. The number of nitrogens with one attached hydrogen (secondary N) is 1. The zero-order chi connectivity index (χ0) is 15.5. The van der Waals surface area contributed by atoms with Gasteiger partial charge in [-0.2, -0.15) is 0 Å². The molecule has 1 heterocycles. The lowest BCUT2D eigenvalue weighted by Gasteiger charge is -2.20. The van der Waals surface area contributed by atoms with E-state index in [1.54, 1.807) is 25.1 Å². The molecular weight excluding hydrogens is 290 g/mol. The number of carbonyl (C=O) groups excluding carboxylic acids is 1. The van der Waals surface area contributed by atoms with E-state index >= 15 is 0 Å². The average molecular weight is 311 g/mol. The fourth-order valence-electron chi connectivity index (χ4n) is 2.46. The van der Waals surface area contributed by atoms with Crippen LogP contribution >= 0.6 is 0 Å². The molecule has 1 aromatic rings. The van der Waals surface area contributed by atoms with E-state index in [0.717, 1.165) is 12.8 Å². The summed E-state index contributed by atoms with van der Waals surface area (Å²) in [5, 5.41) is 2.85. The molecule has 2 rings (SSSR count). The molecule has 1 aliphatic heterocycles. The number of ether oxygens (including phenoxy) is 1. The SMILES string of the molecule is CCS(=O)(=O)c1ccccc1C(=O)N[C@H](C)[C@@H]1CCCO1. The Morgan fingerprint density at radius 1 is 1.43 bits per heavy atom. The third-order valence-corrected chi connectivity index (χ3v) is 5.51. The molecule has 2 atom stereocenters. The molecule has 1 aromatic carbocycles. The number of amides is 1. The molecule has 5 nitrogen and oxygen atoms in total. The molecule has 0 spiro atoms. The summed E-state index contributed by atoms with van der Waals surface area (Å²) in [5.41, 5.74) is 0.198. The standard InChI is InChI=1S/C15H21NO4S/c1-3-21(18,19)14-9-5-4-7-12(14)15(17)16-11(2)13-8-6-10-20-13/h4-5,7,9,11,13H,3,6,8,10H2,1-2H3,(H,16,17)/t11-,13+/m1/s1. The smallest absolute Gasteiger partial charge is 0.252 e. The van der Waals surface area contributed by atoms with Crippen LogP contribution in [0, 0.1) is 0 Å². The molecule has 0 saturated carbocycles. The van der Waals surface area contributed by atoms with Crippen LogP contribution in [0.1, 0.15) is 37.0 Å². The van der Waals surface area contributed by atoms with Crippen molar-refractivity contribution in [2.75, 3.05) is 12.4 Å². The first-order valence-corrected chi connectivity index (χ1v) is 8.85. The second kappa shape index (κ2) is 6.58. The van der Waals surface area contributed by atoms with Crippen molar-refractivity contribution >= 4 is 15.7 Å². The second-order valence-corrected chi connectivity index (χ2v) is 7.46. The molecule has 1 fully saturated rings. The van der Waals surface area contributed by atoms with Gasteiger partial charge in [0.25, 0.3) is 5.91 Å². The average Bonchev–Trinajstić information content (AvgIpc) is 3.01. The molecule has 0 aromatic heterocycles. The minimum atomic E-state index is -3.42. The fourth-order valence-corrected chi connectivity index (χ4v) is 3.55. The van der Waals surface area contributed by atoms with Crippen molar-refractivity contribution in [3.8, 4) is 0 Å². The van der Waals surface area contributed by atoms with Gasteiger partial charge in [0, 0.05) is 6.61 Å². The van der Waals surface area contributed by atoms with E-state index in [-0.39, 0.29) is 34.3 Å². The molecule has 1 N–H and O–H groups in total. The summed E-state index contributed by atoms with van der Waals surface area (Å²) in [5.74, 6) is -0.399. The first-order valence-electron chi connectivity index (χ1n) is 7.20. The third-order valence-electron chi connectivity index (χ3n) is 3.73. The van der Waals surface area contributed by atoms with Crippen LogP contribution in [-0.4, -0.2) is 38.8 Å². The number of benzene rings is 1. The Hall–Kier alpha value is -1.40. The molecule has 0 bridgehead atoms. The lowest BCUT2D eigenvalue weighted by Crippen LogP contribution is -2.41. The molecule has 1 saturated heterocycles. The normalized spacial score (nSPS) is 20.2. The van der Waals surface area contributed by atoms with E-state index in [4.69, 9.17) is 4.74 Å². The number of hydrogen-bond donors (Lipinski definition) is 1. The van der Waals surface area contributed by atoms with E-state index in [0.29, 0.717) is 6.61 Å². The van der Waals surface area contributed by atoms with Crippen molar-refractivity contribution < 1.29 is 17.9 Å². The van der Waals surface area contributed by atoms with Gasteiger partial charge in [-0.1, -0.05) is 19.1 Å². The molecule has 21 heavy (non-hydrogen) atoms. The van der Waals surface area contributed by atoms with Gasteiger partial charge in [0.1, 0.15) is 0 Å². The minimum absolute atomic E-state index is 0.00361. The summed E-state index contributed by atoms with van der Waals surface area (Å²) in [6.07, 6.45) is 1.91. The van der Waals surface area contributed by atoms with Crippen LogP contribution in [0.5, 0.6) is 0 Å². The molecule has 1 amide bonds. The fraction of sp³-hybridized carbons (Fsp3) is 0.533. The van der Waals surface area contributed by atoms with Crippen molar-refractivity contribution in [1.82, 2.24) is 5.32 Å². The first kappa shape index (κ1) is 16.0. The third kappa shape index (κ3) is 3.63. The molecule has 0 unspecified atom stereocenters. The zero-order valence-electron chi connectivity index (χ0n) is 12.3. The molecular formula is C15H21NO4S. The van der Waals surface area contributed by atoms with Gasteiger partial charge < -0.3 is 10.1 Å². The quantitative estimate of drug-likeness (QED) is 0.899. The van der Waals surface area contributed by atoms with Crippen LogP contribution in [0.15, 0.2) is 29.2 Å². The van der Waals surface area contributed by atoms with E-state index in [9.17, 15) is 13.2 Å². The van der Waals surface area contributed by atoms with Crippen LogP contribution < -0.4 is 5.32 Å². The Bertz CT molecular complexity index is 606. The molecule has 0 radical (unpaired) electrons. The van der Waals surface area contributed by atoms with Gasteiger partial charge in [0.2, 0.25) is 0 Å². The van der Waals surface area contributed by atoms with Crippen molar-refractivity contribution in [1.29, 1.82) is 0 Å². The van der Waals surface area contributed by atoms with Gasteiger partial charge in [-0.15, -0.1) is 0 Å². The van der Waals surface area contributed by atoms with Gasteiger partial charge in [-0.25, -0.2) is 8.42 Å². The van der Waals surface area contributed by atoms with E-state index in [1.165, 1.54) is 6.07 Å². The lowest BCUT2D eigenvalue weighted by atomic mass is 10.1. The van der Waals surface area contributed by atoms with Crippen molar-refractivity contribution in [2.24, 2.45) is 0 Å². The Morgan fingerprint density at radius 3 is 2.76 bits per heavy atom. The summed E-state index contributed by atoms with van der Waals surface area (Å²) in [7, 11) is -3.42. The number of sulfone groups is 1. The van der Waals surface area contributed by atoms with Gasteiger partial charge in [-0.3, -0.25) is 4.79 Å². The maximum atomic E-state index is 12.4. The van der Waals surface area contributed by atoms with Crippen LogP contribution in [-0.2, 0) is 14.6 Å². The van der Waals surface area contributed by atoms with E-state index in [2.05, 4.69) is 5.32 Å². The van der Waals surface area contributed by atoms with E-state index in [1.807, 2.05) is 6.92 Å². The molecule has 6 heteroatoms. The Morgan fingerprint density at radius 2 is 2.14 bits per heavy atom. The highest BCUT2D eigenvalue weighted by molar-refractivity contribution is 7.91. The maximum Gasteiger partial charge on any atom is 0.252 e. The van der Waals surface area contributed by atoms with Crippen LogP contribution in [0.4, 0.5) is 0 Å². The van der Waals surface area contributed by atoms with Crippen LogP contribution in [0.2, 0.25) is 0 Å². The number of rotatable bonds is 5. The molecule has 116 valence electrons. The summed E-state index contributed by atoms with van der Waals surface area (Å²) >= 11 is 0. The highest BCUT2D eigenvalue weighted by atomic mass is 32.2. The molecule has 1 aliphatic rings. The van der Waals surface area contributed by atoms with Crippen molar-refractivity contribution in [2.45, 2.75) is 43.7 Å². The van der Waals surface area contributed by atoms with Crippen molar-refractivity contribution in [3.05, 3.63) is 29.8 Å². The predicted molar refractivity (Wildman–Crippen MR) is 80.1 cm³/mol. The zero-order valence-corrected chi connectivity index (χ0v) is 13.2. The van der Waals surface area contributed by atoms with Gasteiger partial charge in [-0.05, 0) is 31.9 Å². The minimum Gasteiger partial charge on any atom is -0.376 e. The Kier molecular flexibility index (Phi) is 5.00. The highest BCUT2D eigenvalue weighted by Crippen LogP contribution is 2.19. The summed E-state index contributed by atoms with van der Waals surface area (Å²) in [6, 6.07) is 6.17. The number of carbonyl (C=O) groups is 1. The highest BCUT2D eigenvalue weighted by Gasteiger charge is 2.26. The van der Waals surface area contributed by atoms with Crippen LogP contribution in [0.25, 0.3) is 0 Å². The monoisotopic (exact) mass is 311 g/mol. The van der Waals surface area contributed by atoms with Gasteiger partial charge >= 0.3 is 0 Å². The summed E-state index contributed by atoms with van der Waals surface area (Å²) in [4.78, 5) is 12.5. The Balaban J connectivity index is 2.19. The first-order chi connectivity index (χ1) is 9.95. The maximum absolute atomic E-state index is 12.4. The number of hydrogen-bond acceptors (Lipinski definition) is 4. The largest absolute Gasteiger partial charge is 0.376 e. The van der Waals surface area contributed by atoms with E-state index < -0.39 is 9.84 Å².